The van der Waals surface area contributed by atoms with Gasteiger partial charge in [-0.25, -0.2) is 0 Å². The van der Waals surface area contributed by atoms with E-state index in [-0.39, 0.29) is 0 Å². The van der Waals surface area contributed by atoms with Crippen LogP contribution in [0.15, 0.2) is 170 Å². The second kappa shape index (κ2) is 15.4. The van der Waals surface area contributed by atoms with Gasteiger partial charge in [0.25, 0.3) is 0 Å². The van der Waals surface area contributed by atoms with Crippen LogP contribution < -0.4 is 31.8 Å². The minimum Gasteiger partial charge on any atom is -0.0622 e. The van der Waals surface area contributed by atoms with Crippen LogP contribution >= 0.6 is 15.8 Å². The molecule has 0 saturated heterocycles. The van der Waals surface area contributed by atoms with Crippen LogP contribution in [0.25, 0.3) is 32.7 Å². The molecule has 306 valence electrons. The molecule has 8 aromatic rings. The molecule has 62 heavy (non-hydrogen) atoms. The molecule has 4 atom stereocenters. The maximum absolute atomic E-state index is 2.61. The molecule has 0 nitrogen and oxygen atoms in total. The van der Waals surface area contributed by atoms with Gasteiger partial charge >= 0.3 is 0 Å². The van der Waals surface area contributed by atoms with Crippen LogP contribution in [-0.2, 0) is 12.8 Å². The molecule has 0 aromatic heterocycles. The number of benzene rings is 8. The zero-order valence-electron chi connectivity index (χ0n) is 36.3. The summed E-state index contributed by atoms with van der Waals surface area (Å²) in [7, 11) is -1.81. The Labute approximate surface area is 371 Å². The van der Waals surface area contributed by atoms with Gasteiger partial charge in [-0.2, -0.15) is 0 Å². The van der Waals surface area contributed by atoms with E-state index in [0.29, 0.717) is 22.7 Å². The second-order valence-electron chi connectivity index (χ2n) is 19.6. The summed E-state index contributed by atoms with van der Waals surface area (Å²) in [4.78, 5) is 0. The average molecular weight is 839 g/mol. The summed E-state index contributed by atoms with van der Waals surface area (Å²) in [5.41, 5.74) is 10.3. The molecule has 2 unspecified atom stereocenters. The molecular formula is C60H56P2. The normalized spacial score (nSPS) is 22.8. The Kier molecular flexibility index (Phi) is 9.66. The van der Waals surface area contributed by atoms with Crippen molar-refractivity contribution >= 4 is 69.2 Å². The molecule has 2 fully saturated rings. The summed E-state index contributed by atoms with van der Waals surface area (Å²) < 4.78 is 0. The van der Waals surface area contributed by atoms with Crippen molar-refractivity contribution in [3.05, 3.63) is 192 Å². The summed E-state index contributed by atoms with van der Waals surface area (Å²) in [6, 6.07) is 66.6. The first kappa shape index (κ1) is 38.8. The first-order valence-corrected chi connectivity index (χ1v) is 26.2. The molecular weight excluding hydrogens is 783 g/mol. The van der Waals surface area contributed by atoms with E-state index in [1.165, 1.54) is 129 Å². The Morgan fingerprint density at radius 3 is 1.06 bits per heavy atom. The van der Waals surface area contributed by atoms with E-state index in [1.807, 2.05) is 0 Å². The molecule has 0 spiro atoms. The van der Waals surface area contributed by atoms with E-state index in [2.05, 4.69) is 184 Å². The number of hydrogen-bond donors (Lipinski definition) is 0. The molecule has 0 aliphatic heterocycles. The molecule has 8 aromatic carbocycles. The monoisotopic (exact) mass is 838 g/mol. The minimum atomic E-state index is -0.904. The van der Waals surface area contributed by atoms with Gasteiger partial charge in [-0.3, -0.25) is 0 Å². The fraction of sp³-hybridized carbons (Fsp3) is 0.267. The highest BCUT2D eigenvalue weighted by Crippen LogP contribution is 2.59. The second-order valence-corrected chi connectivity index (χ2v) is 24.0. The lowest BCUT2D eigenvalue weighted by molar-refractivity contribution is 0.253. The minimum absolute atomic E-state index is 0.427. The largest absolute Gasteiger partial charge is 0.0622 e. The van der Waals surface area contributed by atoms with Crippen molar-refractivity contribution in [2.45, 2.75) is 89.9 Å². The highest BCUT2D eigenvalue weighted by Gasteiger charge is 2.45. The lowest BCUT2D eigenvalue weighted by atomic mass is 9.66. The van der Waals surface area contributed by atoms with Gasteiger partial charge < -0.3 is 0 Å². The quantitative estimate of drug-likeness (QED) is 0.140. The lowest BCUT2D eigenvalue weighted by Crippen LogP contribution is -2.28. The SMILES string of the molecule is C[C@@]12CCCC1c1ccc3c(-c4c(P(c5ccccc5)c5ccccc5)ccc5c6c(ccc45)C4CCC[C@@]4(C)CC6)c(P(c4ccccc4)c4ccccc4)ccc3c1CC2. The third kappa shape index (κ3) is 6.22. The number of fused-ring (bicyclic) bond motifs is 10. The van der Waals surface area contributed by atoms with E-state index >= 15 is 0 Å². The van der Waals surface area contributed by atoms with Gasteiger partial charge in [-0.05, 0) is 177 Å². The molecule has 2 heteroatoms. The molecule has 0 N–H and O–H groups in total. The zero-order valence-corrected chi connectivity index (χ0v) is 38.1. The Morgan fingerprint density at radius 1 is 0.371 bits per heavy atom. The third-order valence-corrected chi connectivity index (χ3v) is 21.2. The van der Waals surface area contributed by atoms with Crippen LogP contribution in [0, 0.1) is 10.8 Å². The van der Waals surface area contributed by atoms with E-state index < -0.39 is 15.8 Å². The van der Waals surface area contributed by atoms with Crippen LogP contribution in [0.1, 0.15) is 99.3 Å². The predicted molar refractivity (Wildman–Crippen MR) is 270 cm³/mol. The third-order valence-electron chi connectivity index (χ3n) is 16.2. The lowest BCUT2D eigenvalue weighted by Gasteiger charge is -2.39. The Morgan fingerprint density at radius 2 is 0.710 bits per heavy atom. The van der Waals surface area contributed by atoms with Gasteiger partial charge in [0.05, 0.1) is 0 Å². The van der Waals surface area contributed by atoms with E-state index in [9.17, 15) is 0 Å². The first-order valence-electron chi connectivity index (χ1n) is 23.5. The maximum atomic E-state index is 2.61. The van der Waals surface area contributed by atoms with Crippen molar-refractivity contribution in [2.24, 2.45) is 10.8 Å². The molecule has 0 heterocycles. The van der Waals surface area contributed by atoms with Crippen LogP contribution in [-0.4, -0.2) is 0 Å². The Balaban J connectivity index is 1.23. The summed E-state index contributed by atoms with van der Waals surface area (Å²) in [6.07, 6.45) is 13.0. The molecule has 0 amide bonds. The van der Waals surface area contributed by atoms with Gasteiger partial charge in [-0.1, -0.05) is 197 Å². The van der Waals surface area contributed by atoms with Crippen LogP contribution in [0.4, 0.5) is 0 Å². The topological polar surface area (TPSA) is 0 Å². The first-order chi connectivity index (χ1) is 30.5. The van der Waals surface area contributed by atoms with Gasteiger partial charge in [0.1, 0.15) is 0 Å². The summed E-state index contributed by atoms with van der Waals surface area (Å²) in [5, 5.41) is 14.4. The summed E-state index contributed by atoms with van der Waals surface area (Å²) in [6.45, 7) is 5.18. The van der Waals surface area contributed by atoms with Crippen molar-refractivity contribution in [1.82, 2.24) is 0 Å². The standard InChI is InChI=1S/C60H56P2/c1-59-37-15-25-53(59)49-27-29-51-45(47(49)35-39-59)31-33-55(61(41-17-7-3-8-18-41)42-19-9-4-10-20-42)57(51)58-52-30-28-50-48(36-40-60(2)38-16-26-54(50)60)46(52)32-34-56(58)62(43-21-11-5-12-22-43)44-23-13-6-14-24-44/h3-14,17-24,27-34,53-54H,15-16,25-26,35-40H2,1-2H3/t53?,54?,59-,60-/m0/s1. The molecule has 2 saturated carbocycles. The van der Waals surface area contributed by atoms with Gasteiger partial charge in [0.2, 0.25) is 0 Å². The molecule has 4 aliphatic rings. The van der Waals surface area contributed by atoms with Crippen molar-refractivity contribution in [3.8, 4) is 11.1 Å². The number of aryl methyl sites for hydroxylation is 2. The van der Waals surface area contributed by atoms with Gasteiger partial charge in [-0.15, -0.1) is 0 Å². The van der Waals surface area contributed by atoms with Crippen molar-refractivity contribution in [3.63, 3.8) is 0 Å². The Hall–Kier alpha value is -4.86. The fourth-order valence-electron chi connectivity index (χ4n) is 13.2. The summed E-state index contributed by atoms with van der Waals surface area (Å²) >= 11 is 0. The van der Waals surface area contributed by atoms with Crippen molar-refractivity contribution < 1.29 is 0 Å². The highest BCUT2D eigenvalue weighted by atomic mass is 31.1. The van der Waals surface area contributed by atoms with Crippen molar-refractivity contribution in [1.29, 1.82) is 0 Å². The van der Waals surface area contributed by atoms with Gasteiger partial charge in [0, 0.05) is 0 Å². The average Bonchev–Trinajstić information content (AvgIpc) is 3.93. The van der Waals surface area contributed by atoms with Crippen molar-refractivity contribution in [2.75, 3.05) is 0 Å². The van der Waals surface area contributed by atoms with Gasteiger partial charge in [0.15, 0.2) is 0 Å². The van der Waals surface area contributed by atoms with E-state index in [4.69, 9.17) is 0 Å². The van der Waals surface area contributed by atoms with Crippen LogP contribution in [0.2, 0.25) is 0 Å². The molecule has 0 bridgehead atoms. The maximum Gasteiger partial charge on any atom is -0.000873 e. The smallest absolute Gasteiger partial charge is 0.000873 e. The summed E-state index contributed by atoms with van der Waals surface area (Å²) in [5.74, 6) is 1.32. The van der Waals surface area contributed by atoms with E-state index in [1.54, 1.807) is 22.3 Å². The van der Waals surface area contributed by atoms with Crippen LogP contribution in [0.3, 0.4) is 0 Å². The predicted octanol–water partition coefficient (Wildman–Crippen LogP) is 13.6. The van der Waals surface area contributed by atoms with Crippen LogP contribution in [0.5, 0.6) is 0 Å². The zero-order chi connectivity index (χ0) is 41.4. The Bertz CT molecular complexity index is 2670. The number of rotatable bonds is 7. The molecule has 12 rings (SSSR count). The molecule has 0 radical (unpaired) electrons. The highest BCUT2D eigenvalue weighted by molar-refractivity contribution is 7.80. The fourth-order valence-corrected chi connectivity index (χ4v) is 18.1. The molecule has 4 aliphatic carbocycles. The number of hydrogen-bond acceptors (Lipinski definition) is 0. The van der Waals surface area contributed by atoms with E-state index in [0.717, 1.165) is 0 Å².